The van der Waals surface area contributed by atoms with E-state index in [1.165, 1.54) is 20.0 Å². The van der Waals surface area contributed by atoms with Crippen LogP contribution in [0.1, 0.15) is 23.2 Å². The molecule has 0 heterocycles. The van der Waals surface area contributed by atoms with E-state index in [1.54, 1.807) is 12.1 Å². The van der Waals surface area contributed by atoms with E-state index in [1.807, 2.05) is 6.07 Å². The van der Waals surface area contributed by atoms with Crippen LogP contribution in [0.4, 0.5) is 11.4 Å². The largest absolute Gasteiger partial charge is 0.465 e. The molecule has 3 N–H and O–H groups in total. The standard InChI is InChI=1S/C11H14N2O2/c1-15-11(14)7-2-5-10(9(12)6-7)13-8-3-4-8/h2,5-6,8,13H,3-4,12H2,1H3. The number of esters is 1. The van der Waals surface area contributed by atoms with Crippen LogP contribution in [-0.2, 0) is 4.74 Å². The van der Waals surface area contributed by atoms with Crippen LogP contribution in [0, 0.1) is 0 Å². The fraction of sp³-hybridized carbons (Fsp3) is 0.364. The van der Waals surface area contributed by atoms with Crippen LogP contribution >= 0.6 is 0 Å². The van der Waals surface area contributed by atoms with Gasteiger partial charge in [0.25, 0.3) is 0 Å². The second kappa shape index (κ2) is 3.81. The molecular formula is C11H14N2O2. The van der Waals surface area contributed by atoms with Gasteiger partial charge in [0, 0.05) is 6.04 Å². The third-order valence-corrected chi connectivity index (χ3v) is 2.41. The molecular weight excluding hydrogens is 192 g/mol. The average Bonchev–Trinajstić information content (AvgIpc) is 3.04. The minimum absolute atomic E-state index is 0.361. The highest BCUT2D eigenvalue weighted by molar-refractivity contribution is 5.91. The predicted octanol–water partition coefficient (Wildman–Crippen LogP) is 1.63. The van der Waals surface area contributed by atoms with Gasteiger partial charge < -0.3 is 15.8 Å². The summed E-state index contributed by atoms with van der Waals surface area (Å²) in [4.78, 5) is 11.2. The maximum atomic E-state index is 11.2. The Morgan fingerprint density at radius 3 is 2.80 bits per heavy atom. The van der Waals surface area contributed by atoms with Crippen molar-refractivity contribution in [3.05, 3.63) is 23.8 Å². The molecule has 4 heteroatoms. The van der Waals surface area contributed by atoms with Crippen molar-refractivity contribution in [1.82, 2.24) is 0 Å². The van der Waals surface area contributed by atoms with Crippen LogP contribution in [0.25, 0.3) is 0 Å². The topological polar surface area (TPSA) is 64.3 Å². The van der Waals surface area contributed by atoms with Crippen molar-refractivity contribution in [3.8, 4) is 0 Å². The maximum Gasteiger partial charge on any atom is 0.337 e. The van der Waals surface area contributed by atoms with E-state index in [-0.39, 0.29) is 5.97 Å². The van der Waals surface area contributed by atoms with Gasteiger partial charge in [-0.3, -0.25) is 0 Å². The van der Waals surface area contributed by atoms with E-state index in [2.05, 4.69) is 10.1 Å². The summed E-state index contributed by atoms with van der Waals surface area (Å²) in [6.07, 6.45) is 2.39. The van der Waals surface area contributed by atoms with Crippen molar-refractivity contribution in [2.75, 3.05) is 18.2 Å². The molecule has 0 aliphatic heterocycles. The lowest BCUT2D eigenvalue weighted by atomic mass is 10.1. The minimum atomic E-state index is -0.361. The minimum Gasteiger partial charge on any atom is -0.465 e. The molecule has 1 aromatic carbocycles. The van der Waals surface area contributed by atoms with Gasteiger partial charge in [-0.25, -0.2) is 4.79 Å². The number of carbonyl (C=O) groups excluding carboxylic acids is 1. The zero-order valence-corrected chi connectivity index (χ0v) is 8.62. The SMILES string of the molecule is COC(=O)c1ccc(NC2CC2)c(N)c1. The molecule has 0 radical (unpaired) electrons. The van der Waals surface area contributed by atoms with Gasteiger partial charge in [-0.1, -0.05) is 0 Å². The van der Waals surface area contributed by atoms with Gasteiger partial charge >= 0.3 is 5.97 Å². The summed E-state index contributed by atoms with van der Waals surface area (Å²) in [5.41, 5.74) is 7.78. The quantitative estimate of drug-likeness (QED) is 0.582. The summed E-state index contributed by atoms with van der Waals surface area (Å²) in [6.45, 7) is 0. The Morgan fingerprint density at radius 1 is 1.53 bits per heavy atom. The van der Waals surface area contributed by atoms with Gasteiger partial charge in [0.1, 0.15) is 0 Å². The summed E-state index contributed by atoms with van der Waals surface area (Å²) < 4.78 is 4.61. The van der Waals surface area contributed by atoms with Crippen molar-refractivity contribution in [3.63, 3.8) is 0 Å². The Hall–Kier alpha value is -1.71. The highest BCUT2D eigenvalue weighted by atomic mass is 16.5. The summed E-state index contributed by atoms with van der Waals surface area (Å²) in [7, 11) is 1.36. The zero-order valence-electron chi connectivity index (χ0n) is 8.62. The highest BCUT2D eigenvalue weighted by Gasteiger charge is 2.21. The van der Waals surface area contributed by atoms with E-state index in [0.29, 0.717) is 17.3 Å². The fourth-order valence-electron chi connectivity index (χ4n) is 1.39. The molecule has 0 aromatic heterocycles. The molecule has 1 saturated carbocycles. The number of carbonyl (C=O) groups is 1. The molecule has 0 spiro atoms. The molecule has 80 valence electrons. The van der Waals surface area contributed by atoms with Crippen molar-refractivity contribution >= 4 is 17.3 Å². The molecule has 0 bridgehead atoms. The van der Waals surface area contributed by atoms with Crippen LogP contribution in [-0.4, -0.2) is 19.1 Å². The van der Waals surface area contributed by atoms with E-state index in [9.17, 15) is 4.79 Å². The number of hydrogen-bond acceptors (Lipinski definition) is 4. The third-order valence-electron chi connectivity index (χ3n) is 2.41. The number of nitrogens with one attached hydrogen (secondary N) is 1. The van der Waals surface area contributed by atoms with E-state index in [4.69, 9.17) is 5.73 Å². The van der Waals surface area contributed by atoms with Crippen molar-refractivity contribution in [2.45, 2.75) is 18.9 Å². The first kappa shape index (κ1) is 9.83. The van der Waals surface area contributed by atoms with Gasteiger partial charge in [-0.15, -0.1) is 0 Å². The Balaban J connectivity index is 2.17. The van der Waals surface area contributed by atoms with Gasteiger partial charge in [-0.2, -0.15) is 0 Å². The molecule has 1 aliphatic carbocycles. The molecule has 0 unspecified atom stereocenters. The lowest BCUT2D eigenvalue weighted by Gasteiger charge is -2.09. The first-order valence-electron chi connectivity index (χ1n) is 4.95. The summed E-state index contributed by atoms with van der Waals surface area (Å²) in [5, 5.41) is 3.29. The second-order valence-corrected chi connectivity index (χ2v) is 3.71. The Morgan fingerprint density at radius 2 is 2.27 bits per heavy atom. The van der Waals surface area contributed by atoms with Gasteiger partial charge in [-0.05, 0) is 31.0 Å². The molecule has 1 fully saturated rings. The van der Waals surface area contributed by atoms with Crippen molar-refractivity contribution < 1.29 is 9.53 Å². The van der Waals surface area contributed by atoms with Crippen molar-refractivity contribution in [1.29, 1.82) is 0 Å². The average molecular weight is 206 g/mol. The number of nitrogens with two attached hydrogens (primary N) is 1. The molecule has 2 rings (SSSR count). The molecule has 1 aliphatic rings. The first-order valence-corrected chi connectivity index (χ1v) is 4.95. The first-order chi connectivity index (χ1) is 7.20. The number of rotatable bonds is 3. The number of benzene rings is 1. The van der Waals surface area contributed by atoms with E-state index >= 15 is 0 Å². The number of anilines is 2. The zero-order chi connectivity index (χ0) is 10.8. The number of methoxy groups -OCH3 is 1. The lowest BCUT2D eigenvalue weighted by Crippen LogP contribution is -2.06. The Labute approximate surface area is 88.4 Å². The third kappa shape index (κ3) is 2.21. The smallest absolute Gasteiger partial charge is 0.337 e. The highest BCUT2D eigenvalue weighted by Crippen LogP contribution is 2.28. The molecule has 1 aromatic rings. The van der Waals surface area contributed by atoms with Crippen LogP contribution in [0.15, 0.2) is 18.2 Å². The van der Waals surface area contributed by atoms with Crippen molar-refractivity contribution in [2.24, 2.45) is 0 Å². The predicted molar refractivity (Wildman–Crippen MR) is 58.8 cm³/mol. The fourth-order valence-corrected chi connectivity index (χ4v) is 1.39. The molecule has 0 atom stereocenters. The van der Waals surface area contributed by atoms with Crippen LogP contribution in [0.3, 0.4) is 0 Å². The second-order valence-electron chi connectivity index (χ2n) is 3.71. The van der Waals surface area contributed by atoms with E-state index in [0.717, 1.165) is 5.69 Å². The van der Waals surface area contributed by atoms with E-state index < -0.39 is 0 Å². The molecule has 15 heavy (non-hydrogen) atoms. The number of ether oxygens (including phenoxy) is 1. The van der Waals surface area contributed by atoms with Crippen LogP contribution in [0.5, 0.6) is 0 Å². The maximum absolute atomic E-state index is 11.2. The van der Waals surface area contributed by atoms with Gasteiger partial charge in [0.05, 0.1) is 24.0 Å². The molecule has 0 saturated heterocycles. The molecule has 4 nitrogen and oxygen atoms in total. The van der Waals surface area contributed by atoms with Gasteiger partial charge in [0.15, 0.2) is 0 Å². The lowest BCUT2D eigenvalue weighted by molar-refractivity contribution is 0.0601. The Bertz CT molecular complexity index is 386. The van der Waals surface area contributed by atoms with Crippen LogP contribution < -0.4 is 11.1 Å². The number of hydrogen-bond donors (Lipinski definition) is 2. The Kier molecular flexibility index (Phi) is 2.49. The number of nitrogen functional groups attached to an aromatic ring is 1. The monoisotopic (exact) mass is 206 g/mol. The summed E-state index contributed by atoms with van der Waals surface area (Å²) >= 11 is 0. The van der Waals surface area contributed by atoms with Crippen LogP contribution in [0.2, 0.25) is 0 Å². The summed E-state index contributed by atoms with van der Waals surface area (Å²) in [6, 6.07) is 5.72. The van der Waals surface area contributed by atoms with Gasteiger partial charge in [0.2, 0.25) is 0 Å². The normalized spacial score (nSPS) is 14.7. The summed E-state index contributed by atoms with van der Waals surface area (Å²) in [5.74, 6) is -0.361. The molecule has 0 amide bonds.